The van der Waals surface area contributed by atoms with Crippen LogP contribution in [0.4, 0.5) is 10.5 Å². The molecule has 5 nitrogen and oxygen atoms in total. The fourth-order valence-corrected chi connectivity index (χ4v) is 1.66. The van der Waals surface area contributed by atoms with Crippen molar-refractivity contribution in [2.24, 2.45) is 0 Å². The van der Waals surface area contributed by atoms with E-state index in [0.29, 0.717) is 5.69 Å². The molecule has 2 rings (SSSR count). The van der Waals surface area contributed by atoms with Gasteiger partial charge in [-0.05, 0) is 23.7 Å². The van der Waals surface area contributed by atoms with E-state index < -0.39 is 6.09 Å². The van der Waals surface area contributed by atoms with E-state index in [2.05, 4.69) is 4.98 Å². The van der Waals surface area contributed by atoms with E-state index in [9.17, 15) is 4.79 Å². The Morgan fingerprint density at radius 2 is 2.00 bits per heavy atom. The summed E-state index contributed by atoms with van der Waals surface area (Å²) in [6.45, 7) is 0. The average molecular weight is 286 g/mol. The van der Waals surface area contributed by atoms with Crippen molar-refractivity contribution in [2.75, 3.05) is 11.9 Å². The molecule has 1 amide bonds. The molecule has 0 spiro atoms. The van der Waals surface area contributed by atoms with Gasteiger partial charge >= 0.3 is 6.09 Å². The number of nitrogens with zero attached hydrogens (tertiary/aromatic N) is 3. The number of anilines is 1. The molecule has 0 unspecified atom stereocenters. The molecule has 1 heterocycles. The largest absolute Gasteiger partial charge is 0.438 e. The maximum atomic E-state index is 11.9. The highest BCUT2D eigenvalue weighted by molar-refractivity contribution is 6.32. The number of imidazole rings is 1. The number of amides is 1. The minimum absolute atomic E-state index is 0.0187. The lowest BCUT2D eigenvalue weighted by atomic mass is 10.3. The average Bonchev–Trinajstić information content (AvgIpc) is 2.70. The lowest BCUT2D eigenvalue weighted by molar-refractivity contribution is 0.142. The molecule has 0 aliphatic heterocycles. The highest BCUT2D eigenvalue weighted by atomic mass is 35.5. The zero-order valence-corrected chi connectivity index (χ0v) is 10.9. The van der Waals surface area contributed by atoms with Crippen molar-refractivity contribution in [3.8, 4) is 0 Å². The third-order valence-corrected chi connectivity index (χ3v) is 2.73. The Labute approximate surface area is 113 Å². The molecule has 0 N–H and O–H groups in total. The van der Waals surface area contributed by atoms with Crippen LogP contribution in [0, 0.1) is 0 Å². The summed E-state index contributed by atoms with van der Waals surface area (Å²) in [7, 11) is 1.58. The summed E-state index contributed by atoms with van der Waals surface area (Å²) < 4.78 is 0.949. The number of hydrogen-bond acceptors (Lipinski definition) is 3. The molecule has 94 valence electrons. The second-order valence-electron chi connectivity index (χ2n) is 3.40. The lowest BCUT2D eigenvalue weighted by Crippen LogP contribution is -2.34. The molecule has 0 aliphatic carbocycles. The van der Waals surface area contributed by atoms with E-state index in [4.69, 9.17) is 28.0 Å². The Hall–Kier alpha value is -1.72. The molecule has 0 atom stereocenters. The van der Waals surface area contributed by atoms with Crippen molar-refractivity contribution in [3.63, 3.8) is 0 Å². The van der Waals surface area contributed by atoms with Gasteiger partial charge in [0.25, 0.3) is 0 Å². The van der Waals surface area contributed by atoms with Gasteiger partial charge < -0.3 is 4.84 Å². The minimum atomic E-state index is -0.622. The fourth-order valence-electron chi connectivity index (χ4n) is 1.28. The summed E-state index contributed by atoms with van der Waals surface area (Å²) in [5.41, 5.74) is 0.690. The molecular weight excluding hydrogens is 277 g/mol. The van der Waals surface area contributed by atoms with E-state index in [1.165, 1.54) is 11.1 Å². The summed E-state index contributed by atoms with van der Waals surface area (Å²) in [5.74, 6) is 0. The van der Waals surface area contributed by atoms with Gasteiger partial charge in [-0.1, -0.05) is 29.8 Å². The van der Waals surface area contributed by atoms with Crippen LogP contribution in [0.1, 0.15) is 0 Å². The Balaban J connectivity index is 2.14. The van der Waals surface area contributed by atoms with Crippen LogP contribution in [0.25, 0.3) is 0 Å². The summed E-state index contributed by atoms with van der Waals surface area (Å²) >= 11 is 11.5. The molecule has 0 radical (unpaired) electrons. The number of aromatic nitrogens is 2. The van der Waals surface area contributed by atoms with Gasteiger partial charge in [0, 0.05) is 12.7 Å². The van der Waals surface area contributed by atoms with Gasteiger partial charge in [-0.25, -0.2) is 9.78 Å². The highest BCUT2D eigenvalue weighted by Crippen LogP contribution is 2.16. The Morgan fingerprint density at radius 1 is 1.33 bits per heavy atom. The zero-order valence-electron chi connectivity index (χ0n) is 9.38. The molecular formula is C11H9Cl2N3O2. The molecule has 2 aromatic rings. The molecule has 1 aromatic heterocycles. The molecule has 18 heavy (non-hydrogen) atoms. The standard InChI is InChI=1S/C11H9Cl2N3O2/c1-15(8-5-3-2-4-6-8)11(17)18-16-9(12)7-14-10(16)13/h2-7H,1H3. The summed E-state index contributed by atoms with van der Waals surface area (Å²) in [4.78, 5) is 21.9. The van der Waals surface area contributed by atoms with Gasteiger partial charge in [0.2, 0.25) is 5.28 Å². The highest BCUT2D eigenvalue weighted by Gasteiger charge is 2.16. The smallest absolute Gasteiger partial charge is 0.313 e. The maximum absolute atomic E-state index is 11.9. The number of rotatable bonds is 2. The van der Waals surface area contributed by atoms with E-state index >= 15 is 0 Å². The van der Waals surface area contributed by atoms with Crippen LogP contribution in [0.3, 0.4) is 0 Å². The van der Waals surface area contributed by atoms with Crippen LogP contribution in [0.5, 0.6) is 0 Å². The first kappa shape index (κ1) is 12.7. The van der Waals surface area contributed by atoms with Gasteiger partial charge in [0.1, 0.15) is 0 Å². The quantitative estimate of drug-likeness (QED) is 0.852. The molecule has 0 saturated heterocycles. The normalized spacial score (nSPS) is 10.2. The van der Waals surface area contributed by atoms with Crippen LogP contribution in [-0.4, -0.2) is 22.9 Å². The lowest BCUT2D eigenvalue weighted by Gasteiger charge is -2.16. The molecule has 0 fully saturated rings. The first-order valence-electron chi connectivity index (χ1n) is 4.99. The molecule has 7 heteroatoms. The number of para-hydroxylation sites is 1. The molecule has 1 aromatic carbocycles. The Kier molecular flexibility index (Phi) is 3.74. The van der Waals surface area contributed by atoms with Crippen LogP contribution in [-0.2, 0) is 0 Å². The fraction of sp³-hybridized carbons (Fsp3) is 0.0909. The summed E-state index contributed by atoms with van der Waals surface area (Å²) in [6, 6.07) is 9.04. The van der Waals surface area contributed by atoms with Crippen molar-refractivity contribution in [3.05, 3.63) is 47.0 Å². The van der Waals surface area contributed by atoms with Crippen LogP contribution < -0.4 is 9.74 Å². The first-order chi connectivity index (χ1) is 8.59. The molecule has 0 bridgehead atoms. The monoisotopic (exact) mass is 285 g/mol. The topological polar surface area (TPSA) is 47.4 Å². The van der Waals surface area contributed by atoms with Crippen molar-refractivity contribution < 1.29 is 9.63 Å². The first-order valence-corrected chi connectivity index (χ1v) is 5.75. The predicted octanol–water partition coefficient (Wildman–Crippen LogP) is 2.87. The van der Waals surface area contributed by atoms with E-state index in [-0.39, 0.29) is 10.4 Å². The summed E-state index contributed by atoms with van der Waals surface area (Å²) in [5, 5.41) is 0.102. The third kappa shape index (κ3) is 2.57. The molecule has 0 aliphatic rings. The van der Waals surface area contributed by atoms with Crippen molar-refractivity contribution in [2.45, 2.75) is 0 Å². The summed E-state index contributed by atoms with van der Waals surface area (Å²) in [6.07, 6.45) is 0.669. The van der Waals surface area contributed by atoms with Crippen molar-refractivity contribution >= 4 is 35.0 Å². The van der Waals surface area contributed by atoms with Crippen LogP contribution >= 0.6 is 23.2 Å². The van der Waals surface area contributed by atoms with E-state index in [1.807, 2.05) is 18.2 Å². The van der Waals surface area contributed by atoms with Gasteiger partial charge in [0.15, 0.2) is 5.15 Å². The maximum Gasteiger partial charge on any atom is 0.438 e. The van der Waals surface area contributed by atoms with Gasteiger partial charge in [-0.15, -0.1) is 4.73 Å². The molecule has 0 saturated carbocycles. The van der Waals surface area contributed by atoms with E-state index in [1.54, 1.807) is 19.2 Å². The minimum Gasteiger partial charge on any atom is -0.313 e. The van der Waals surface area contributed by atoms with Gasteiger partial charge in [-0.2, -0.15) is 0 Å². The van der Waals surface area contributed by atoms with Gasteiger partial charge in [-0.3, -0.25) is 4.90 Å². The number of benzene rings is 1. The number of hydrogen-bond donors (Lipinski definition) is 0. The second-order valence-corrected chi connectivity index (χ2v) is 4.12. The Morgan fingerprint density at radius 3 is 2.56 bits per heavy atom. The Bertz CT molecular complexity index is 537. The van der Waals surface area contributed by atoms with Crippen LogP contribution in [0.15, 0.2) is 36.5 Å². The van der Waals surface area contributed by atoms with Crippen molar-refractivity contribution in [1.82, 2.24) is 9.71 Å². The third-order valence-electron chi connectivity index (χ3n) is 2.23. The zero-order chi connectivity index (χ0) is 13.1. The van der Waals surface area contributed by atoms with Gasteiger partial charge in [0.05, 0.1) is 6.20 Å². The number of halogens is 2. The second kappa shape index (κ2) is 5.29. The van der Waals surface area contributed by atoms with Crippen LogP contribution in [0.2, 0.25) is 10.4 Å². The number of carbonyl (C=O) groups is 1. The van der Waals surface area contributed by atoms with E-state index in [0.717, 1.165) is 4.73 Å². The predicted molar refractivity (Wildman–Crippen MR) is 69.1 cm³/mol. The SMILES string of the molecule is CN(C(=O)On1c(Cl)cnc1Cl)c1ccccc1. The number of carbonyl (C=O) groups excluding carboxylic acids is 1. The van der Waals surface area contributed by atoms with Crippen molar-refractivity contribution in [1.29, 1.82) is 0 Å².